The van der Waals surface area contributed by atoms with Gasteiger partial charge in [-0.15, -0.1) is 0 Å². The van der Waals surface area contributed by atoms with E-state index in [9.17, 15) is 13.2 Å². The fourth-order valence-corrected chi connectivity index (χ4v) is 6.92. The summed E-state index contributed by atoms with van der Waals surface area (Å²) in [5.41, 5.74) is 1.04. The van der Waals surface area contributed by atoms with Crippen LogP contribution in [0.1, 0.15) is 73.9 Å². The van der Waals surface area contributed by atoms with Gasteiger partial charge in [0.2, 0.25) is 10.0 Å². The van der Waals surface area contributed by atoms with E-state index in [0.717, 1.165) is 16.4 Å². The number of allylic oxidation sites excluding steroid dienone is 3. The summed E-state index contributed by atoms with van der Waals surface area (Å²) in [7, 11) is -4.54. The van der Waals surface area contributed by atoms with E-state index in [-0.39, 0.29) is 12.5 Å². The molecule has 0 bridgehead atoms. The molecule has 5 rings (SSSR count). The third-order valence-corrected chi connectivity index (χ3v) is 10.8. The number of rotatable bonds is 4. The fraction of sp³-hybridized carbons (Fsp3) is 0.533. The summed E-state index contributed by atoms with van der Waals surface area (Å²) in [6.45, 7) is 16.0. The average Bonchev–Trinajstić information content (AvgIpc) is 3.37. The monoisotopic (exact) mass is 581 g/mol. The Morgan fingerprint density at radius 3 is 2.34 bits per heavy atom. The van der Waals surface area contributed by atoms with Crippen LogP contribution in [0.2, 0.25) is 0 Å². The molecule has 2 aromatic heterocycles. The van der Waals surface area contributed by atoms with Crippen molar-refractivity contribution in [2.75, 3.05) is 13.1 Å². The molecule has 41 heavy (non-hydrogen) atoms. The van der Waals surface area contributed by atoms with Crippen molar-refractivity contribution in [2.45, 2.75) is 89.8 Å². The lowest BCUT2D eigenvalue weighted by Gasteiger charge is -2.32. The maximum absolute atomic E-state index is 14.5. The number of fused-ring (bicyclic) bond motifs is 1. The van der Waals surface area contributed by atoms with E-state index >= 15 is 0 Å². The second-order valence-corrected chi connectivity index (χ2v) is 15.5. The number of nitrogens with zero attached hydrogens (tertiary/aromatic N) is 3. The number of pyridine rings is 1. The van der Waals surface area contributed by atoms with E-state index in [1.54, 1.807) is 36.2 Å². The molecular weight excluding hydrogens is 541 g/mol. The smallest absolute Gasteiger partial charge is 0.444 e. The highest BCUT2D eigenvalue weighted by Gasteiger charge is 2.53. The maximum atomic E-state index is 14.5. The van der Waals surface area contributed by atoms with Gasteiger partial charge >= 0.3 is 13.2 Å². The van der Waals surface area contributed by atoms with Crippen molar-refractivity contribution in [3.8, 4) is 0 Å². The van der Waals surface area contributed by atoms with Crippen molar-refractivity contribution in [2.24, 2.45) is 0 Å². The minimum Gasteiger partial charge on any atom is -0.444 e. The largest absolute Gasteiger partial charge is 0.494 e. The molecule has 1 aliphatic carbocycles. The van der Waals surface area contributed by atoms with E-state index < -0.39 is 38.7 Å². The normalized spacial score (nSPS) is 24.4. The molecule has 4 heterocycles. The molecule has 0 spiro atoms. The van der Waals surface area contributed by atoms with Gasteiger partial charge < -0.3 is 18.9 Å². The first-order valence-electron chi connectivity index (χ1n) is 14.1. The Labute approximate surface area is 243 Å². The predicted octanol–water partition coefficient (Wildman–Crippen LogP) is 5.51. The van der Waals surface area contributed by atoms with E-state index in [4.69, 9.17) is 14.0 Å². The Morgan fingerprint density at radius 1 is 1.10 bits per heavy atom. The number of hydrogen-bond acceptors (Lipinski definition) is 7. The Kier molecular flexibility index (Phi) is 7.11. The first-order valence-corrected chi connectivity index (χ1v) is 15.5. The van der Waals surface area contributed by atoms with Gasteiger partial charge in [-0.2, -0.15) is 0 Å². The van der Waals surface area contributed by atoms with Crippen LogP contribution in [0.4, 0.5) is 4.79 Å². The van der Waals surface area contributed by atoms with Gasteiger partial charge in [-0.3, -0.25) is 0 Å². The lowest BCUT2D eigenvalue weighted by Crippen LogP contribution is -2.41. The van der Waals surface area contributed by atoms with Crippen LogP contribution in [0.5, 0.6) is 0 Å². The van der Waals surface area contributed by atoms with E-state index in [2.05, 4.69) is 4.98 Å². The zero-order valence-corrected chi connectivity index (χ0v) is 26.0. The van der Waals surface area contributed by atoms with Gasteiger partial charge in [-0.05, 0) is 97.5 Å². The number of aromatic nitrogens is 2. The molecule has 2 aliphatic heterocycles. The van der Waals surface area contributed by atoms with Crippen LogP contribution in [0.3, 0.4) is 0 Å². The second kappa shape index (κ2) is 9.85. The van der Waals surface area contributed by atoms with Crippen LogP contribution >= 0.6 is 0 Å². The van der Waals surface area contributed by atoms with Crippen molar-refractivity contribution in [3.05, 3.63) is 59.9 Å². The average molecular weight is 582 g/mol. The molecule has 1 amide bonds. The third kappa shape index (κ3) is 5.28. The molecule has 0 saturated carbocycles. The molecule has 3 aliphatic rings. The van der Waals surface area contributed by atoms with E-state index in [1.165, 1.54) is 3.97 Å². The predicted molar refractivity (Wildman–Crippen MR) is 161 cm³/mol. The molecule has 1 saturated heterocycles. The molecule has 1 atom stereocenters. The lowest BCUT2D eigenvalue weighted by atomic mass is 9.74. The van der Waals surface area contributed by atoms with E-state index in [0.29, 0.717) is 30.9 Å². The number of amides is 1. The second-order valence-electron chi connectivity index (χ2n) is 13.3. The van der Waals surface area contributed by atoms with Gasteiger partial charge in [0.1, 0.15) is 10.3 Å². The maximum Gasteiger partial charge on any atom is 0.494 e. The quantitative estimate of drug-likeness (QED) is 0.439. The van der Waals surface area contributed by atoms with E-state index in [1.807, 2.05) is 72.8 Å². The zero-order valence-electron chi connectivity index (χ0n) is 25.2. The Morgan fingerprint density at radius 2 is 1.78 bits per heavy atom. The first-order chi connectivity index (χ1) is 18.9. The molecule has 2 aromatic rings. The standard InChI is InChI=1S/C30H40BN3O6S/c1-27(2,3)38-26(35)33-18-13-21(14-19-33)24-20-22-10-9-17-32-25(22)34(24)41(36,37)30(8)15-11-23(12-16-30)31-39-28(4,5)29(6,7)40-31/h9-13,15,17,20H,14,16,18-19H2,1-8H3. The van der Waals surface area contributed by atoms with Gasteiger partial charge in [-0.25, -0.2) is 22.2 Å². The van der Waals surface area contributed by atoms with Crippen molar-refractivity contribution < 1.29 is 27.3 Å². The van der Waals surface area contributed by atoms with Crippen LogP contribution in [-0.4, -0.2) is 70.1 Å². The van der Waals surface area contributed by atoms with Gasteiger partial charge in [0.05, 0.1) is 16.9 Å². The summed E-state index contributed by atoms with van der Waals surface area (Å²) in [5.74, 6) is 0. The minimum atomic E-state index is -3.98. The third-order valence-electron chi connectivity index (χ3n) is 8.44. The lowest BCUT2D eigenvalue weighted by molar-refractivity contribution is 0.00578. The van der Waals surface area contributed by atoms with Gasteiger partial charge in [0.25, 0.3) is 0 Å². The van der Waals surface area contributed by atoms with Gasteiger partial charge in [0, 0.05) is 24.7 Å². The van der Waals surface area contributed by atoms with Crippen LogP contribution < -0.4 is 0 Å². The molecule has 11 heteroatoms. The van der Waals surface area contributed by atoms with Crippen LogP contribution in [0.25, 0.3) is 16.6 Å². The highest BCUT2D eigenvalue weighted by atomic mass is 32.2. The topological polar surface area (TPSA) is 100.0 Å². The molecular formula is C30H40BN3O6S. The van der Waals surface area contributed by atoms with Crippen LogP contribution in [0.15, 0.2) is 54.2 Å². The Bertz CT molecular complexity index is 1560. The number of hydrogen-bond donors (Lipinski definition) is 0. The van der Waals surface area contributed by atoms with Crippen LogP contribution in [0, 0.1) is 0 Å². The molecule has 1 fully saturated rings. The molecule has 0 aromatic carbocycles. The summed E-state index contributed by atoms with van der Waals surface area (Å²) < 4.78 is 47.0. The van der Waals surface area contributed by atoms with Gasteiger partial charge in [0.15, 0.2) is 5.65 Å². The molecule has 220 valence electrons. The van der Waals surface area contributed by atoms with Crippen LogP contribution in [-0.2, 0) is 24.1 Å². The van der Waals surface area contributed by atoms with Crippen molar-refractivity contribution >= 4 is 39.8 Å². The number of carbonyl (C=O) groups excluding carboxylic acids is 1. The molecule has 0 N–H and O–H groups in total. The molecule has 0 radical (unpaired) electrons. The summed E-state index contributed by atoms with van der Waals surface area (Å²) >= 11 is 0. The van der Waals surface area contributed by atoms with Crippen molar-refractivity contribution in [1.29, 1.82) is 0 Å². The Hall–Kier alpha value is -2.89. The number of ether oxygens (including phenoxy) is 1. The van der Waals surface area contributed by atoms with Crippen molar-refractivity contribution in [1.82, 2.24) is 13.9 Å². The highest BCUT2D eigenvalue weighted by Crippen LogP contribution is 2.41. The summed E-state index contributed by atoms with van der Waals surface area (Å²) in [5, 5.41) is 0.735. The first kappa shape index (κ1) is 29.6. The Balaban J connectivity index is 1.46. The SMILES string of the molecule is CC(C)(C)OC(=O)N1CC=C(c2cc3cccnc3n2S(=O)(=O)C2(C)C=CC(B3OC(C)(C)C(C)(C)O3)=CC2)CC1. The summed E-state index contributed by atoms with van der Waals surface area (Å²) in [6.07, 6.45) is 9.31. The molecule has 1 unspecified atom stereocenters. The minimum absolute atomic E-state index is 0.253. The number of carbonyl (C=O) groups is 1. The van der Waals surface area contributed by atoms with Crippen molar-refractivity contribution in [3.63, 3.8) is 0 Å². The van der Waals surface area contributed by atoms with Gasteiger partial charge in [-0.1, -0.05) is 24.3 Å². The summed E-state index contributed by atoms with van der Waals surface area (Å²) in [6, 6.07) is 5.53. The fourth-order valence-electron chi connectivity index (χ4n) is 5.16. The summed E-state index contributed by atoms with van der Waals surface area (Å²) in [4.78, 5) is 18.7. The zero-order chi connectivity index (χ0) is 30.0. The molecule has 9 nitrogen and oxygen atoms in total. The highest BCUT2D eigenvalue weighted by molar-refractivity contribution is 7.91.